The van der Waals surface area contributed by atoms with Crippen LogP contribution in [0.5, 0.6) is 0 Å². The number of carbonyl (C=O) groups excluding carboxylic acids is 1. The number of hydrogen-bond donors (Lipinski definition) is 1. The van der Waals surface area contributed by atoms with Crippen molar-refractivity contribution in [3.63, 3.8) is 0 Å². The molecular weight excluding hydrogens is 402 g/mol. The van der Waals surface area contributed by atoms with E-state index in [9.17, 15) is 4.79 Å². The second-order valence-electron chi connectivity index (χ2n) is 6.70. The predicted octanol–water partition coefficient (Wildman–Crippen LogP) is 4.39. The van der Waals surface area contributed by atoms with Gasteiger partial charge in [0, 0.05) is 17.1 Å². The minimum Gasteiger partial charge on any atom is -0.341 e. The summed E-state index contributed by atoms with van der Waals surface area (Å²) in [7, 11) is 0. The topological polar surface area (TPSA) is 72.2 Å². The van der Waals surface area contributed by atoms with Crippen molar-refractivity contribution in [3.8, 4) is 10.6 Å². The molecule has 0 saturated heterocycles. The zero-order valence-electron chi connectivity index (χ0n) is 16.2. The molecular formula is C21H21N5OS2. The van der Waals surface area contributed by atoms with Gasteiger partial charge < -0.3 is 5.32 Å². The number of nitrogens with one attached hydrogen (secondary N) is 1. The van der Waals surface area contributed by atoms with Gasteiger partial charge in [-0.05, 0) is 37.5 Å². The van der Waals surface area contributed by atoms with Gasteiger partial charge in [-0.3, -0.25) is 9.20 Å². The third kappa shape index (κ3) is 4.33. The number of amides is 1. The van der Waals surface area contributed by atoms with E-state index in [0.29, 0.717) is 5.69 Å². The molecule has 4 aromatic rings. The van der Waals surface area contributed by atoms with Crippen LogP contribution in [0.2, 0.25) is 0 Å². The van der Waals surface area contributed by atoms with Crippen molar-refractivity contribution in [2.75, 3.05) is 12.0 Å². The number of thiazole rings is 1. The summed E-state index contributed by atoms with van der Waals surface area (Å²) in [4.78, 5) is 17.5. The summed E-state index contributed by atoms with van der Waals surface area (Å²) in [5.74, 6) is 1.44. The minimum atomic E-state index is -0.239. The van der Waals surface area contributed by atoms with Crippen LogP contribution >= 0.6 is 23.1 Å². The predicted molar refractivity (Wildman–Crippen MR) is 118 cm³/mol. The minimum absolute atomic E-state index is 0.196. The Bertz CT molecular complexity index is 1120. The van der Waals surface area contributed by atoms with Crippen LogP contribution in [0.15, 0.2) is 54.0 Å². The highest BCUT2D eigenvalue weighted by atomic mass is 32.2. The van der Waals surface area contributed by atoms with Crippen LogP contribution in [0.25, 0.3) is 16.2 Å². The Morgan fingerprint density at radius 3 is 2.83 bits per heavy atom. The number of benzene rings is 1. The van der Waals surface area contributed by atoms with E-state index in [1.54, 1.807) is 17.1 Å². The summed E-state index contributed by atoms with van der Waals surface area (Å²) in [6.07, 6.45) is 4.73. The monoisotopic (exact) mass is 423 g/mol. The van der Waals surface area contributed by atoms with E-state index < -0.39 is 0 Å². The van der Waals surface area contributed by atoms with E-state index in [2.05, 4.69) is 26.8 Å². The fourth-order valence-corrected chi connectivity index (χ4v) is 4.32. The van der Waals surface area contributed by atoms with E-state index in [0.717, 1.165) is 34.2 Å². The second kappa shape index (κ2) is 8.75. The molecule has 3 aromatic heterocycles. The van der Waals surface area contributed by atoms with Crippen molar-refractivity contribution < 1.29 is 4.79 Å². The van der Waals surface area contributed by atoms with Crippen LogP contribution in [0.3, 0.4) is 0 Å². The molecule has 148 valence electrons. The quantitative estimate of drug-likeness (QED) is 0.477. The molecule has 29 heavy (non-hydrogen) atoms. The molecule has 4 rings (SSSR count). The van der Waals surface area contributed by atoms with E-state index in [-0.39, 0.29) is 11.9 Å². The Morgan fingerprint density at radius 1 is 1.21 bits per heavy atom. The number of fused-ring (bicyclic) bond motifs is 1. The van der Waals surface area contributed by atoms with Crippen molar-refractivity contribution in [1.82, 2.24) is 24.9 Å². The highest BCUT2D eigenvalue weighted by Crippen LogP contribution is 2.25. The lowest BCUT2D eigenvalue weighted by Crippen LogP contribution is -2.30. The van der Waals surface area contributed by atoms with Gasteiger partial charge in [-0.2, -0.15) is 11.8 Å². The summed E-state index contributed by atoms with van der Waals surface area (Å²) in [5.41, 5.74) is 3.40. The molecule has 0 bridgehead atoms. The maximum atomic E-state index is 12.9. The van der Waals surface area contributed by atoms with Gasteiger partial charge in [-0.15, -0.1) is 21.5 Å². The van der Waals surface area contributed by atoms with E-state index >= 15 is 0 Å². The van der Waals surface area contributed by atoms with Gasteiger partial charge in [0.1, 0.15) is 10.7 Å². The molecule has 0 unspecified atom stereocenters. The highest BCUT2D eigenvalue weighted by molar-refractivity contribution is 7.98. The van der Waals surface area contributed by atoms with E-state index in [4.69, 9.17) is 0 Å². The number of hydrogen-bond acceptors (Lipinski definition) is 6. The van der Waals surface area contributed by atoms with E-state index in [1.807, 2.05) is 60.0 Å². The molecule has 0 fully saturated rings. The van der Waals surface area contributed by atoms with Gasteiger partial charge in [0.2, 0.25) is 0 Å². The third-order valence-electron chi connectivity index (χ3n) is 4.60. The Kier molecular flexibility index (Phi) is 5.92. The van der Waals surface area contributed by atoms with Crippen molar-refractivity contribution in [3.05, 3.63) is 71.1 Å². The molecule has 1 aromatic carbocycles. The number of thioether (sulfide) groups is 1. The maximum Gasteiger partial charge on any atom is 0.271 e. The average Bonchev–Trinajstić information content (AvgIpc) is 3.39. The summed E-state index contributed by atoms with van der Waals surface area (Å²) in [5, 5.41) is 14.3. The van der Waals surface area contributed by atoms with Gasteiger partial charge in [0.25, 0.3) is 5.91 Å². The molecule has 0 spiro atoms. The molecule has 0 aliphatic rings. The van der Waals surface area contributed by atoms with Crippen molar-refractivity contribution >= 4 is 34.7 Å². The Labute approximate surface area is 177 Å². The Hall–Kier alpha value is -2.71. The second-order valence-corrected chi connectivity index (χ2v) is 8.54. The molecule has 3 heterocycles. The average molecular weight is 424 g/mol. The number of nitrogens with zero attached hydrogens (tertiary/aromatic N) is 4. The van der Waals surface area contributed by atoms with Crippen LogP contribution in [0, 0.1) is 6.92 Å². The van der Waals surface area contributed by atoms with Gasteiger partial charge >= 0.3 is 0 Å². The molecule has 1 atom stereocenters. The summed E-state index contributed by atoms with van der Waals surface area (Å²) in [6.45, 7) is 2.05. The highest BCUT2D eigenvalue weighted by Gasteiger charge is 2.22. The lowest BCUT2D eigenvalue weighted by molar-refractivity contribution is 0.0929. The molecule has 0 saturated carbocycles. The van der Waals surface area contributed by atoms with Crippen molar-refractivity contribution in [1.29, 1.82) is 0 Å². The van der Waals surface area contributed by atoms with Crippen LogP contribution in [-0.4, -0.2) is 37.5 Å². The molecule has 8 heteroatoms. The van der Waals surface area contributed by atoms with Crippen LogP contribution in [-0.2, 0) is 0 Å². The zero-order valence-corrected chi connectivity index (χ0v) is 17.8. The molecule has 6 nitrogen and oxygen atoms in total. The Balaban J connectivity index is 1.56. The molecule has 1 amide bonds. The van der Waals surface area contributed by atoms with Gasteiger partial charge in [0.15, 0.2) is 11.5 Å². The first kappa shape index (κ1) is 19.6. The van der Waals surface area contributed by atoms with Crippen molar-refractivity contribution in [2.24, 2.45) is 0 Å². The number of aryl methyl sites for hydroxylation is 1. The zero-order chi connectivity index (χ0) is 20.2. The Morgan fingerprint density at radius 2 is 2.03 bits per heavy atom. The summed E-state index contributed by atoms with van der Waals surface area (Å²) >= 11 is 3.21. The lowest BCUT2D eigenvalue weighted by Gasteiger charge is -2.16. The fourth-order valence-electron chi connectivity index (χ4n) is 3.04. The van der Waals surface area contributed by atoms with Crippen LogP contribution in [0.4, 0.5) is 0 Å². The largest absolute Gasteiger partial charge is 0.341 e. The molecule has 0 radical (unpaired) electrons. The SMILES string of the molecule is CSCC[C@H](NC(=O)c1csc(-c2ccc(C)cc2)n1)c1nnc2ccccn12. The normalized spacial score (nSPS) is 12.2. The summed E-state index contributed by atoms with van der Waals surface area (Å²) in [6, 6.07) is 13.7. The van der Waals surface area contributed by atoms with Crippen molar-refractivity contribution in [2.45, 2.75) is 19.4 Å². The van der Waals surface area contributed by atoms with E-state index in [1.165, 1.54) is 16.9 Å². The standard InChI is InChI=1S/C21H21N5OS2/c1-14-6-8-15(9-7-14)21-23-17(13-29-21)20(27)22-16(10-12-28-2)19-25-24-18-5-3-4-11-26(18)19/h3-9,11,13,16H,10,12H2,1-2H3,(H,22,27)/t16-/m0/s1. The number of carbonyl (C=O) groups is 1. The summed E-state index contributed by atoms with van der Waals surface area (Å²) < 4.78 is 1.92. The third-order valence-corrected chi connectivity index (χ3v) is 6.14. The first-order valence-electron chi connectivity index (χ1n) is 9.28. The fraction of sp³-hybridized carbons (Fsp3) is 0.238. The first-order valence-corrected chi connectivity index (χ1v) is 11.5. The number of pyridine rings is 1. The van der Waals surface area contributed by atoms with Gasteiger partial charge in [-0.1, -0.05) is 35.9 Å². The number of aromatic nitrogens is 4. The maximum absolute atomic E-state index is 12.9. The molecule has 0 aliphatic heterocycles. The first-order chi connectivity index (χ1) is 14.2. The number of rotatable bonds is 7. The van der Waals surface area contributed by atoms with Gasteiger partial charge in [-0.25, -0.2) is 4.98 Å². The lowest BCUT2D eigenvalue weighted by atomic mass is 10.2. The van der Waals surface area contributed by atoms with Gasteiger partial charge in [0.05, 0.1) is 6.04 Å². The molecule has 1 N–H and O–H groups in total. The van der Waals surface area contributed by atoms with Crippen LogP contribution in [0.1, 0.15) is 34.3 Å². The van der Waals surface area contributed by atoms with Crippen LogP contribution < -0.4 is 5.32 Å². The molecule has 0 aliphatic carbocycles. The smallest absolute Gasteiger partial charge is 0.271 e.